The van der Waals surface area contributed by atoms with Gasteiger partial charge in [0.2, 0.25) is 0 Å². The molecule has 0 saturated carbocycles. The van der Waals surface area contributed by atoms with Gasteiger partial charge in [-0.1, -0.05) is 136 Å². The molecule has 0 aliphatic carbocycles. The molecule has 7 heteroatoms. The predicted molar refractivity (Wildman–Crippen MR) is 210 cm³/mol. The van der Waals surface area contributed by atoms with Crippen molar-refractivity contribution in [2.75, 3.05) is 65.7 Å². The Bertz CT molecular complexity index is 921. The Kier molecular flexibility index (Phi) is 28.3. The van der Waals surface area contributed by atoms with E-state index in [1.165, 1.54) is 134 Å². The van der Waals surface area contributed by atoms with Gasteiger partial charge in [0.05, 0.1) is 13.2 Å². The van der Waals surface area contributed by atoms with Gasteiger partial charge in [0, 0.05) is 45.2 Å². The normalized spacial score (nSPS) is 13.9. The zero-order chi connectivity index (χ0) is 35.7. The van der Waals surface area contributed by atoms with Crippen LogP contribution in [0.5, 0.6) is 11.5 Å². The van der Waals surface area contributed by atoms with Crippen molar-refractivity contribution in [2.24, 2.45) is 0 Å². The van der Waals surface area contributed by atoms with Crippen LogP contribution in [0.15, 0.2) is 18.2 Å². The Hall–Kier alpha value is -1.83. The minimum atomic E-state index is -0.155. The van der Waals surface area contributed by atoms with Gasteiger partial charge in [0.25, 0.3) is 0 Å². The summed E-state index contributed by atoms with van der Waals surface area (Å²) in [5.74, 6) is 1.54. The first-order valence-electron chi connectivity index (χ1n) is 21.2. The number of hydrogen-bond donors (Lipinski definition) is 1. The Morgan fingerprint density at radius 1 is 0.560 bits per heavy atom. The van der Waals surface area contributed by atoms with Crippen molar-refractivity contribution in [1.82, 2.24) is 9.80 Å². The highest BCUT2D eigenvalue weighted by molar-refractivity contribution is 5.69. The predicted octanol–water partition coefficient (Wildman–Crippen LogP) is 10.2. The van der Waals surface area contributed by atoms with Gasteiger partial charge < -0.3 is 24.2 Å². The first-order valence-corrected chi connectivity index (χ1v) is 21.2. The first kappa shape index (κ1) is 44.3. The molecular formula is C43H78N2O5. The summed E-state index contributed by atoms with van der Waals surface area (Å²) in [5.41, 5.74) is 1.27. The minimum absolute atomic E-state index is 0.155. The number of rotatable bonds is 34. The van der Waals surface area contributed by atoms with Crippen LogP contribution in [0.4, 0.5) is 0 Å². The monoisotopic (exact) mass is 703 g/mol. The number of β-amino-alcohol motifs (C(OH)–C–C–N with tert-alkyl or cyclic N) is 1. The van der Waals surface area contributed by atoms with Gasteiger partial charge in [0.1, 0.15) is 24.7 Å². The van der Waals surface area contributed by atoms with Crippen LogP contribution in [-0.2, 0) is 16.0 Å². The second kappa shape index (κ2) is 31.9. The fraction of sp³-hybridized carbons (Fsp3) is 0.837. The third-order valence-electron chi connectivity index (χ3n) is 10.1. The van der Waals surface area contributed by atoms with Crippen LogP contribution in [0.2, 0.25) is 0 Å². The molecule has 1 heterocycles. The first-order chi connectivity index (χ1) is 24.6. The molecule has 1 aliphatic heterocycles. The number of ether oxygens (including phenoxy) is 3. The summed E-state index contributed by atoms with van der Waals surface area (Å²) in [6, 6.07) is 6.34. The lowest BCUT2D eigenvalue weighted by Crippen LogP contribution is -2.47. The number of carbonyl (C=O) groups is 1. The molecule has 0 amide bonds. The molecule has 0 spiro atoms. The van der Waals surface area contributed by atoms with E-state index in [4.69, 9.17) is 19.3 Å². The second-order valence-electron chi connectivity index (χ2n) is 14.7. The van der Waals surface area contributed by atoms with Crippen molar-refractivity contribution < 1.29 is 24.1 Å². The van der Waals surface area contributed by atoms with E-state index in [1.54, 1.807) is 0 Å². The molecule has 1 aromatic carbocycles. The summed E-state index contributed by atoms with van der Waals surface area (Å²) in [7, 11) is 0. The molecule has 1 saturated heterocycles. The molecule has 1 N–H and O–H groups in total. The van der Waals surface area contributed by atoms with E-state index in [0.29, 0.717) is 13.0 Å². The van der Waals surface area contributed by atoms with E-state index in [2.05, 4.69) is 35.8 Å². The number of benzene rings is 1. The highest BCUT2D eigenvalue weighted by Crippen LogP contribution is 2.25. The van der Waals surface area contributed by atoms with E-state index in [0.717, 1.165) is 76.6 Å². The zero-order valence-electron chi connectivity index (χ0n) is 32.7. The highest BCUT2D eigenvalue weighted by Gasteiger charge is 2.16. The largest absolute Gasteiger partial charge is 0.493 e. The van der Waals surface area contributed by atoms with Crippen LogP contribution in [0, 0.1) is 0 Å². The van der Waals surface area contributed by atoms with Crippen molar-refractivity contribution in [3.05, 3.63) is 23.8 Å². The van der Waals surface area contributed by atoms with Crippen molar-refractivity contribution in [1.29, 1.82) is 0 Å². The Morgan fingerprint density at radius 2 is 1.02 bits per heavy atom. The van der Waals surface area contributed by atoms with Crippen molar-refractivity contribution in [3.63, 3.8) is 0 Å². The van der Waals surface area contributed by atoms with Crippen molar-refractivity contribution >= 4 is 5.97 Å². The van der Waals surface area contributed by atoms with Crippen LogP contribution in [-0.4, -0.2) is 86.6 Å². The number of esters is 1. The maximum atomic E-state index is 12.4. The number of hydrogen-bond acceptors (Lipinski definition) is 7. The van der Waals surface area contributed by atoms with Gasteiger partial charge in [-0.2, -0.15) is 0 Å². The molecule has 0 unspecified atom stereocenters. The molecule has 0 radical (unpaired) electrons. The van der Waals surface area contributed by atoms with Gasteiger partial charge in [-0.25, -0.2) is 0 Å². The van der Waals surface area contributed by atoms with Crippen LogP contribution < -0.4 is 9.47 Å². The molecule has 7 nitrogen and oxygen atoms in total. The van der Waals surface area contributed by atoms with Gasteiger partial charge in [-0.05, 0) is 49.9 Å². The molecule has 1 fully saturated rings. The van der Waals surface area contributed by atoms with Gasteiger partial charge in [-0.15, -0.1) is 0 Å². The van der Waals surface area contributed by atoms with Crippen molar-refractivity contribution in [3.8, 4) is 11.5 Å². The van der Waals surface area contributed by atoms with Crippen LogP contribution >= 0.6 is 0 Å². The number of unbranched alkanes of at least 4 members (excludes halogenated alkanes) is 19. The van der Waals surface area contributed by atoms with E-state index in [9.17, 15) is 4.79 Å². The zero-order valence-corrected chi connectivity index (χ0v) is 32.7. The number of aryl methyl sites for hydroxylation is 1. The maximum absolute atomic E-state index is 12.4. The highest BCUT2D eigenvalue weighted by atomic mass is 16.6. The number of aliphatic hydroxyl groups is 1. The smallest absolute Gasteiger partial charge is 0.305 e. The number of nitrogens with zero attached hydrogens (tertiary/aromatic N) is 2. The van der Waals surface area contributed by atoms with E-state index >= 15 is 0 Å². The van der Waals surface area contributed by atoms with Crippen molar-refractivity contribution in [2.45, 2.75) is 168 Å². The van der Waals surface area contributed by atoms with E-state index in [-0.39, 0.29) is 19.2 Å². The summed E-state index contributed by atoms with van der Waals surface area (Å²) < 4.78 is 17.8. The van der Waals surface area contributed by atoms with Crippen LogP contribution in [0.1, 0.15) is 167 Å². The standard InChI is InChI=1S/C43H78N2O5/c1-3-5-7-9-11-13-14-15-16-17-18-20-22-25-40-37-41(48-34-23-21-19-12-10-8-6-4-2)39-42(38-40)49-35-36-50-43(47)26-24-27-44-28-30-45(31-29-44)32-33-46/h37-39,46H,3-36H2,1-2H3. The lowest BCUT2D eigenvalue weighted by Gasteiger charge is -2.34. The Morgan fingerprint density at radius 3 is 1.54 bits per heavy atom. The lowest BCUT2D eigenvalue weighted by molar-refractivity contribution is -0.144. The quantitative estimate of drug-likeness (QED) is 0.0566. The van der Waals surface area contributed by atoms with Crippen LogP contribution in [0.25, 0.3) is 0 Å². The molecule has 0 aromatic heterocycles. The summed E-state index contributed by atoms with van der Waals surface area (Å²) in [4.78, 5) is 17.0. The molecule has 0 bridgehead atoms. The SMILES string of the molecule is CCCCCCCCCCCCCCCc1cc(OCCCCCCCCCC)cc(OCCOC(=O)CCCN2CCN(CCO)CC2)c1. The lowest BCUT2D eigenvalue weighted by atomic mass is 10.0. The maximum Gasteiger partial charge on any atom is 0.305 e. The average Bonchev–Trinajstić information content (AvgIpc) is 3.12. The molecule has 0 atom stereocenters. The minimum Gasteiger partial charge on any atom is -0.493 e. The van der Waals surface area contributed by atoms with Gasteiger partial charge in [-0.3, -0.25) is 9.69 Å². The molecule has 1 aromatic rings. The van der Waals surface area contributed by atoms with E-state index in [1.807, 2.05) is 6.07 Å². The summed E-state index contributed by atoms with van der Waals surface area (Å²) >= 11 is 0. The summed E-state index contributed by atoms with van der Waals surface area (Å²) in [5, 5.41) is 9.12. The number of aliphatic hydroxyl groups excluding tert-OH is 1. The topological polar surface area (TPSA) is 71.5 Å². The second-order valence-corrected chi connectivity index (χ2v) is 14.7. The number of piperazine rings is 1. The molecule has 50 heavy (non-hydrogen) atoms. The summed E-state index contributed by atoms with van der Waals surface area (Å²) in [6.07, 6.45) is 30.3. The number of carbonyl (C=O) groups excluding carboxylic acids is 1. The Balaban J connectivity index is 1.67. The van der Waals surface area contributed by atoms with Gasteiger partial charge >= 0.3 is 5.97 Å². The summed E-state index contributed by atoms with van der Waals surface area (Å²) in [6.45, 7) is 11.7. The molecular weight excluding hydrogens is 624 g/mol. The fourth-order valence-electron chi connectivity index (χ4n) is 6.93. The molecule has 290 valence electrons. The average molecular weight is 703 g/mol. The fourth-order valence-corrected chi connectivity index (χ4v) is 6.93. The Labute approximate surface area is 308 Å². The molecule has 1 aliphatic rings. The van der Waals surface area contributed by atoms with Crippen LogP contribution in [0.3, 0.4) is 0 Å². The van der Waals surface area contributed by atoms with E-state index < -0.39 is 0 Å². The third-order valence-corrected chi connectivity index (χ3v) is 10.1. The van der Waals surface area contributed by atoms with Gasteiger partial charge in [0.15, 0.2) is 0 Å². The molecule has 2 rings (SSSR count). The third kappa shape index (κ3) is 24.4.